The third kappa shape index (κ3) is 3.03. The first kappa shape index (κ1) is 15.5. The van der Waals surface area contributed by atoms with Crippen LogP contribution in [0.25, 0.3) is 0 Å². The highest BCUT2D eigenvalue weighted by atomic mass is 16.6. The Bertz CT molecular complexity index is 854. The summed E-state index contributed by atoms with van der Waals surface area (Å²) in [7, 11) is 0. The molecule has 0 unspecified atom stereocenters. The van der Waals surface area contributed by atoms with Crippen molar-refractivity contribution in [3.63, 3.8) is 0 Å². The van der Waals surface area contributed by atoms with E-state index in [4.69, 9.17) is 4.52 Å². The summed E-state index contributed by atoms with van der Waals surface area (Å²) in [4.78, 5) is 21.0. The Labute approximate surface area is 143 Å². The number of pyridine rings is 1. The van der Waals surface area contributed by atoms with Gasteiger partial charge in [0.1, 0.15) is 23.6 Å². The topological polar surface area (TPSA) is 122 Å². The van der Waals surface area contributed by atoms with Crippen LogP contribution in [0.5, 0.6) is 0 Å². The number of anilines is 1. The Hall–Kier alpha value is -3.02. The summed E-state index contributed by atoms with van der Waals surface area (Å²) in [5.74, 6) is 2.42. The van der Waals surface area contributed by atoms with E-state index >= 15 is 0 Å². The first-order valence-corrected chi connectivity index (χ1v) is 8.28. The van der Waals surface area contributed by atoms with Gasteiger partial charge in [-0.25, -0.2) is 4.98 Å². The molecule has 0 amide bonds. The highest BCUT2D eigenvalue weighted by Crippen LogP contribution is 2.40. The number of rotatable bonds is 4. The van der Waals surface area contributed by atoms with Crippen LogP contribution >= 0.6 is 0 Å². The average Bonchev–Trinajstić information content (AvgIpc) is 3.38. The smallest absolute Gasteiger partial charge is 0.289 e. The lowest BCUT2D eigenvalue weighted by Gasteiger charge is -2.32. The summed E-state index contributed by atoms with van der Waals surface area (Å²) in [6, 6.07) is 3.28. The summed E-state index contributed by atoms with van der Waals surface area (Å²) < 4.78 is 5.35. The zero-order chi connectivity index (χ0) is 17.4. The normalized spacial score (nSPS) is 20.3. The van der Waals surface area contributed by atoms with Crippen LogP contribution in [0.3, 0.4) is 0 Å². The van der Waals surface area contributed by atoms with Crippen molar-refractivity contribution in [2.45, 2.75) is 37.5 Å². The average molecular weight is 340 g/mol. The maximum absolute atomic E-state index is 10.9. The van der Waals surface area contributed by atoms with Crippen molar-refractivity contribution in [2.24, 2.45) is 0 Å². The van der Waals surface area contributed by atoms with Crippen LogP contribution in [0, 0.1) is 21.4 Å². The monoisotopic (exact) mass is 340 g/mol. The number of aromatic nitrogens is 3. The molecule has 0 spiro atoms. The highest BCUT2D eigenvalue weighted by molar-refractivity contribution is 5.57. The number of nitriles is 1. The van der Waals surface area contributed by atoms with Crippen molar-refractivity contribution in [3.8, 4) is 6.07 Å². The Morgan fingerprint density at radius 2 is 2.20 bits per heavy atom. The first-order valence-electron chi connectivity index (χ1n) is 8.28. The molecule has 3 heterocycles. The van der Waals surface area contributed by atoms with Gasteiger partial charge < -0.3 is 9.42 Å². The quantitative estimate of drug-likeness (QED) is 0.614. The van der Waals surface area contributed by atoms with Crippen molar-refractivity contribution < 1.29 is 9.45 Å². The zero-order valence-electron chi connectivity index (χ0n) is 13.5. The van der Waals surface area contributed by atoms with Crippen molar-refractivity contribution in [3.05, 3.63) is 39.7 Å². The van der Waals surface area contributed by atoms with Gasteiger partial charge in [0.15, 0.2) is 5.82 Å². The zero-order valence-corrected chi connectivity index (χ0v) is 13.5. The fourth-order valence-electron chi connectivity index (χ4n) is 3.17. The van der Waals surface area contributed by atoms with Crippen LogP contribution < -0.4 is 4.90 Å². The van der Waals surface area contributed by atoms with Crippen LogP contribution in [0.2, 0.25) is 0 Å². The summed E-state index contributed by atoms with van der Waals surface area (Å²) >= 11 is 0. The van der Waals surface area contributed by atoms with Gasteiger partial charge in [0.25, 0.3) is 5.69 Å². The van der Waals surface area contributed by atoms with Crippen LogP contribution in [0.1, 0.15) is 54.8 Å². The molecule has 4 rings (SSSR count). The molecule has 2 aromatic heterocycles. The van der Waals surface area contributed by atoms with Gasteiger partial charge in [-0.3, -0.25) is 10.1 Å². The Kier molecular flexibility index (Phi) is 3.80. The summed E-state index contributed by atoms with van der Waals surface area (Å²) in [6.45, 7) is 1.35. The Morgan fingerprint density at radius 3 is 2.92 bits per heavy atom. The molecule has 1 aliphatic carbocycles. The molecule has 0 bridgehead atoms. The molecule has 2 aromatic rings. The van der Waals surface area contributed by atoms with Crippen LogP contribution in [-0.2, 0) is 0 Å². The van der Waals surface area contributed by atoms with Crippen LogP contribution in [-0.4, -0.2) is 33.1 Å². The first-order chi connectivity index (χ1) is 12.2. The summed E-state index contributed by atoms with van der Waals surface area (Å²) in [5, 5.41) is 24.3. The van der Waals surface area contributed by atoms with Crippen molar-refractivity contribution in [1.29, 1.82) is 5.26 Å². The SMILES string of the molecule is N#Cc1cc([N+](=O)[O-])cnc1N1CCC[C@H](c2noc(C3CC3)n2)C1. The van der Waals surface area contributed by atoms with E-state index in [0.717, 1.165) is 38.1 Å². The molecule has 9 heteroatoms. The largest absolute Gasteiger partial charge is 0.355 e. The van der Waals surface area contributed by atoms with E-state index in [1.807, 2.05) is 11.0 Å². The second-order valence-corrected chi connectivity index (χ2v) is 6.48. The number of piperidine rings is 1. The van der Waals surface area contributed by atoms with Gasteiger partial charge in [-0.2, -0.15) is 10.2 Å². The van der Waals surface area contributed by atoms with Gasteiger partial charge in [0, 0.05) is 31.0 Å². The lowest BCUT2D eigenvalue weighted by atomic mass is 9.97. The molecule has 1 atom stereocenters. The molecule has 0 aromatic carbocycles. The lowest BCUT2D eigenvalue weighted by molar-refractivity contribution is -0.385. The maximum atomic E-state index is 10.9. The van der Waals surface area contributed by atoms with E-state index < -0.39 is 4.92 Å². The second kappa shape index (κ2) is 6.12. The van der Waals surface area contributed by atoms with Gasteiger partial charge in [0.05, 0.1) is 4.92 Å². The molecule has 0 radical (unpaired) electrons. The third-order valence-corrected chi connectivity index (χ3v) is 4.65. The van der Waals surface area contributed by atoms with Crippen molar-refractivity contribution in [1.82, 2.24) is 15.1 Å². The molecule has 1 saturated carbocycles. The van der Waals surface area contributed by atoms with Crippen LogP contribution in [0.15, 0.2) is 16.8 Å². The minimum atomic E-state index is -0.546. The van der Waals surface area contributed by atoms with E-state index in [2.05, 4.69) is 15.1 Å². The maximum Gasteiger partial charge on any atom is 0.289 e. The number of nitrogens with zero attached hydrogens (tertiary/aromatic N) is 6. The fourth-order valence-corrected chi connectivity index (χ4v) is 3.17. The molecule has 0 N–H and O–H groups in total. The van der Waals surface area contributed by atoms with Gasteiger partial charge in [-0.15, -0.1) is 0 Å². The molecule has 2 aliphatic rings. The highest BCUT2D eigenvalue weighted by Gasteiger charge is 2.32. The fraction of sp³-hybridized carbons (Fsp3) is 0.500. The van der Waals surface area contributed by atoms with Crippen molar-refractivity contribution in [2.75, 3.05) is 18.0 Å². The molecule has 128 valence electrons. The van der Waals surface area contributed by atoms with E-state index in [9.17, 15) is 15.4 Å². The van der Waals surface area contributed by atoms with E-state index in [0.29, 0.717) is 24.1 Å². The van der Waals surface area contributed by atoms with Crippen molar-refractivity contribution >= 4 is 11.5 Å². The minimum absolute atomic E-state index is 0.105. The number of hydrogen-bond donors (Lipinski definition) is 0. The number of nitro groups is 1. The third-order valence-electron chi connectivity index (χ3n) is 4.65. The second-order valence-electron chi connectivity index (χ2n) is 6.48. The molecular formula is C16H16N6O3. The van der Waals surface area contributed by atoms with Crippen LogP contribution in [0.4, 0.5) is 11.5 Å². The summed E-state index contributed by atoms with van der Waals surface area (Å²) in [5.41, 5.74) is 0.0303. The molecule has 1 aliphatic heterocycles. The van der Waals surface area contributed by atoms with Gasteiger partial charge in [0.2, 0.25) is 5.89 Å². The number of hydrogen-bond acceptors (Lipinski definition) is 8. The van der Waals surface area contributed by atoms with E-state index in [1.165, 1.54) is 12.3 Å². The molecule has 9 nitrogen and oxygen atoms in total. The minimum Gasteiger partial charge on any atom is -0.355 e. The molecular weight excluding hydrogens is 324 g/mol. The molecule has 25 heavy (non-hydrogen) atoms. The predicted molar refractivity (Wildman–Crippen MR) is 86.1 cm³/mol. The predicted octanol–water partition coefficient (Wildman–Crippen LogP) is 2.51. The lowest BCUT2D eigenvalue weighted by Crippen LogP contribution is -2.35. The standard InChI is InChI=1S/C16H16N6O3/c17-7-12-6-13(22(23)24)8-18-15(12)21-5-1-2-11(9-21)14-19-16(25-20-14)10-3-4-10/h6,8,10-11H,1-5,9H2/t11-/m0/s1. The Balaban J connectivity index is 1.56. The van der Waals surface area contributed by atoms with E-state index in [-0.39, 0.29) is 17.2 Å². The molecule has 1 saturated heterocycles. The van der Waals surface area contributed by atoms with Gasteiger partial charge in [-0.1, -0.05) is 5.16 Å². The Morgan fingerprint density at radius 1 is 1.36 bits per heavy atom. The van der Waals surface area contributed by atoms with E-state index in [1.54, 1.807) is 0 Å². The summed E-state index contributed by atoms with van der Waals surface area (Å²) in [6.07, 6.45) is 5.25. The van der Waals surface area contributed by atoms with Gasteiger partial charge >= 0.3 is 0 Å². The van der Waals surface area contributed by atoms with Gasteiger partial charge in [-0.05, 0) is 25.7 Å². The molecule has 2 fully saturated rings.